The topological polar surface area (TPSA) is 69.6 Å². The first-order valence-electron chi connectivity index (χ1n) is 23.0. The number of carbonyl (C=O) groups excluding carboxylic acids is 1. The number of hydrogen-bond acceptors (Lipinski definition) is 3. The summed E-state index contributed by atoms with van der Waals surface area (Å²) in [6.45, 7) is 4.17. The van der Waals surface area contributed by atoms with Crippen LogP contribution >= 0.6 is 0 Å². The smallest absolute Gasteiger partial charge is 0.220 e. The molecule has 4 nitrogen and oxygen atoms in total. The molecule has 1 amide bonds. The standard InChI is InChI=1S/C51H87NO3/c1-3-5-7-9-11-13-15-17-18-19-20-21-22-23-24-25-26-27-28-29-30-31-32-33-34-35-37-39-41-43-45-47-51(55)52-49(48-53)50(54)46-44-42-40-38-36-16-14-12-10-8-6-4-2/h5,7,11,13,17-18,20-21,23-24,26-27,29-30,44,46,49-50,53-54H,3-4,6,8-10,12,14-16,19,22,25,28,31-43,45,47-48H2,1-2H3,(H,52,55)/b7-5-,13-11-,18-17-,21-20-,24-23-,27-26-,30-29-,46-44+. The molecule has 0 aromatic heterocycles. The molecule has 2 unspecified atom stereocenters. The molecule has 0 aliphatic heterocycles. The Balaban J connectivity index is 3.62. The molecule has 4 heteroatoms. The number of amides is 1. The minimum atomic E-state index is -0.846. The van der Waals surface area contributed by atoms with Gasteiger partial charge in [-0.25, -0.2) is 0 Å². The molecule has 0 saturated carbocycles. The van der Waals surface area contributed by atoms with Crippen molar-refractivity contribution in [2.75, 3.05) is 6.61 Å². The number of aliphatic hydroxyl groups is 2. The molecule has 314 valence electrons. The Hall–Kier alpha value is -2.69. The van der Waals surface area contributed by atoms with Crippen molar-refractivity contribution in [1.82, 2.24) is 5.32 Å². The lowest BCUT2D eigenvalue weighted by atomic mass is 10.0. The number of aliphatic hydroxyl groups excluding tert-OH is 2. The monoisotopic (exact) mass is 762 g/mol. The highest BCUT2D eigenvalue weighted by molar-refractivity contribution is 5.76. The van der Waals surface area contributed by atoms with Crippen LogP contribution < -0.4 is 5.32 Å². The van der Waals surface area contributed by atoms with E-state index in [1.54, 1.807) is 6.08 Å². The molecule has 3 N–H and O–H groups in total. The summed E-state index contributed by atoms with van der Waals surface area (Å²) in [5.74, 6) is -0.0763. The summed E-state index contributed by atoms with van der Waals surface area (Å²) in [5, 5.41) is 23.0. The minimum Gasteiger partial charge on any atom is -0.394 e. The molecule has 0 aliphatic rings. The minimum absolute atomic E-state index is 0.0763. The van der Waals surface area contributed by atoms with Gasteiger partial charge in [-0.3, -0.25) is 4.79 Å². The molecule has 0 spiro atoms. The number of rotatable bonds is 40. The Morgan fingerprint density at radius 3 is 1.20 bits per heavy atom. The molecular formula is C51H87NO3. The van der Waals surface area contributed by atoms with Crippen LogP contribution in [0, 0.1) is 0 Å². The Kier molecular flexibility index (Phi) is 43.5. The number of unbranched alkanes of at least 4 members (excludes halogenated alkanes) is 19. The summed E-state index contributed by atoms with van der Waals surface area (Å²) in [6.07, 6.45) is 68.0. The Morgan fingerprint density at radius 2 is 0.800 bits per heavy atom. The highest BCUT2D eigenvalue weighted by Gasteiger charge is 2.17. The Morgan fingerprint density at radius 1 is 0.455 bits per heavy atom. The Labute approximate surface area is 341 Å². The highest BCUT2D eigenvalue weighted by Crippen LogP contribution is 2.13. The maximum Gasteiger partial charge on any atom is 0.220 e. The van der Waals surface area contributed by atoms with E-state index in [1.807, 2.05) is 6.08 Å². The molecule has 55 heavy (non-hydrogen) atoms. The van der Waals surface area contributed by atoms with Gasteiger partial charge in [0.25, 0.3) is 0 Å². The van der Waals surface area contributed by atoms with Gasteiger partial charge in [0, 0.05) is 6.42 Å². The van der Waals surface area contributed by atoms with Crippen LogP contribution in [0.3, 0.4) is 0 Å². The number of hydrogen-bond donors (Lipinski definition) is 3. The van der Waals surface area contributed by atoms with E-state index in [2.05, 4.69) is 104 Å². The van der Waals surface area contributed by atoms with Gasteiger partial charge in [-0.15, -0.1) is 0 Å². The van der Waals surface area contributed by atoms with Crippen molar-refractivity contribution in [2.24, 2.45) is 0 Å². The molecule has 0 fully saturated rings. The van der Waals surface area contributed by atoms with Crippen LogP contribution in [0.25, 0.3) is 0 Å². The van der Waals surface area contributed by atoms with E-state index in [9.17, 15) is 15.0 Å². The molecule has 0 aromatic carbocycles. The maximum absolute atomic E-state index is 12.4. The van der Waals surface area contributed by atoms with Crippen LogP contribution in [0.2, 0.25) is 0 Å². The number of allylic oxidation sites excluding steroid dienone is 15. The van der Waals surface area contributed by atoms with Crippen LogP contribution in [-0.2, 0) is 4.79 Å². The summed E-state index contributed by atoms with van der Waals surface area (Å²) in [5.41, 5.74) is 0. The molecule has 0 rings (SSSR count). The van der Waals surface area contributed by atoms with Gasteiger partial charge in [0.2, 0.25) is 5.91 Å². The average Bonchev–Trinajstić information content (AvgIpc) is 3.19. The lowest BCUT2D eigenvalue weighted by Gasteiger charge is -2.20. The molecule has 0 saturated heterocycles. The van der Waals surface area contributed by atoms with Crippen molar-refractivity contribution in [1.29, 1.82) is 0 Å². The molecular weight excluding hydrogens is 675 g/mol. The summed E-state index contributed by atoms with van der Waals surface area (Å²) < 4.78 is 0. The lowest BCUT2D eigenvalue weighted by molar-refractivity contribution is -0.123. The van der Waals surface area contributed by atoms with Crippen LogP contribution in [0.4, 0.5) is 0 Å². The first-order valence-corrected chi connectivity index (χ1v) is 23.0. The summed E-state index contributed by atoms with van der Waals surface area (Å²) in [4.78, 5) is 12.4. The van der Waals surface area contributed by atoms with Crippen molar-refractivity contribution in [2.45, 2.75) is 212 Å². The van der Waals surface area contributed by atoms with Gasteiger partial charge < -0.3 is 15.5 Å². The summed E-state index contributed by atoms with van der Waals surface area (Å²) in [6, 6.07) is -0.630. The van der Waals surface area contributed by atoms with Crippen molar-refractivity contribution in [3.05, 3.63) is 97.2 Å². The third-order valence-electron chi connectivity index (χ3n) is 9.82. The maximum atomic E-state index is 12.4. The molecule has 0 bridgehead atoms. The average molecular weight is 762 g/mol. The van der Waals surface area contributed by atoms with Gasteiger partial charge in [-0.2, -0.15) is 0 Å². The highest BCUT2D eigenvalue weighted by atomic mass is 16.3. The lowest BCUT2D eigenvalue weighted by Crippen LogP contribution is -2.45. The van der Waals surface area contributed by atoms with Gasteiger partial charge >= 0.3 is 0 Å². The van der Waals surface area contributed by atoms with Gasteiger partial charge in [0.1, 0.15) is 0 Å². The van der Waals surface area contributed by atoms with Crippen LogP contribution in [0.1, 0.15) is 200 Å². The van der Waals surface area contributed by atoms with Crippen LogP contribution in [0.5, 0.6) is 0 Å². The zero-order chi connectivity index (χ0) is 40.0. The predicted octanol–water partition coefficient (Wildman–Crippen LogP) is 14.6. The van der Waals surface area contributed by atoms with Crippen molar-refractivity contribution >= 4 is 5.91 Å². The zero-order valence-corrected chi connectivity index (χ0v) is 35.9. The van der Waals surface area contributed by atoms with E-state index < -0.39 is 12.1 Å². The van der Waals surface area contributed by atoms with E-state index >= 15 is 0 Å². The van der Waals surface area contributed by atoms with Crippen molar-refractivity contribution in [3.8, 4) is 0 Å². The van der Waals surface area contributed by atoms with Crippen molar-refractivity contribution in [3.63, 3.8) is 0 Å². The van der Waals surface area contributed by atoms with E-state index in [4.69, 9.17) is 0 Å². The van der Waals surface area contributed by atoms with Gasteiger partial charge in [0.05, 0.1) is 18.8 Å². The Bertz CT molecular complexity index is 1050. The van der Waals surface area contributed by atoms with E-state index in [-0.39, 0.29) is 12.5 Å². The van der Waals surface area contributed by atoms with E-state index in [0.29, 0.717) is 6.42 Å². The zero-order valence-electron chi connectivity index (χ0n) is 35.9. The summed E-state index contributed by atoms with van der Waals surface area (Å²) in [7, 11) is 0. The van der Waals surface area contributed by atoms with Crippen LogP contribution in [-0.4, -0.2) is 34.9 Å². The third-order valence-corrected chi connectivity index (χ3v) is 9.82. The SMILES string of the molecule is CC/C=C\C/C=C\C/C=C\C/C=C\C/C=C\C/C=C\C/C=C\CCCCCCCCCCCC(=O)NC(CO)C(O)/C=C/CCCCCCCCCCCC. The first-order chi connectivity index (χ1) is 27.2. The second-order valence-electron chi connectivity index (χ2n) is 15.1. The van der Waals surface area contributed by atoms with E-state index in [1.165, 1.54) is 109 Å². The largest absolute Gasteiger partial charge is 0.394 e. The molecule has 0 aromatic rings. The molecule has 0 heterocycles. The fourth-order valence-corrected chi connectivity index (χ4v) is 6.33. The second-order valence-corrected chi connectivity index (χ2v) is 15.1. The molecule has 0 aliphatic carbocycles. The fourth-order valence-electron chi connectivity index (χ4n) is 6.33. The number of nitrogens with one attached hydrogen (secondary N) is 1. The number of carbonyl (C=O) groups is 1. The second kappa shape index (κ2) is 45.7. The van der Waals surface area contributed by atoms with Crippen molar-refractivity contribution < 1.29 is 15.0 Å². The predicted molar refractivity (Wildman–Crippen MR) is 243 cm³/mol. The molecule has 0 radical (unpaired) electrons. The first kappa shape index (κ1) is 52.3. The van der Waals surface area contributed by atoms with Gasteiger partial charge in [-0.1, -0.05) is 214 Å². The fraction of sp³-hybridized carbons (Fsp3) is 0.667. The third kappa shape index (κ3) is 42.3. The normalized spacial score (nSPS) is 13.9. The van der Waals surface area contributed by atoms with Gasteiger partial charge in [-0.05, 0) is 77.0 Å². The summed E-state index contributed by atoms with van der Waals surface area (Å²) >= 11 is 0. The van der Waals surface area contributed by atoms with Gasteiger partial charge in [0.15, 0.2) is 0 Å². The van der Waals surface area contributed by atoms with Crippen LogP contribution in [0.15, 0.2) is 97.2 Å². The molecule has 2 atom stereocenters. The van der Waals surface area contributed by atoms with E-state index in [0.717, 1.165) is 70.6 Å². The quantitative estimate of drug-likeness (QED) is 0.0430.